The SMILES string of the molecule is Nc1cc(Nc2cc(Cl)c3n(c2=O)C2(CCCC(C4=CC=C4)C2)NC3=O)ncn1. The maximum absolute atomic E-state index is 13.4. The molecule has 2 aromatic heterocycles. The summed E-state index contributed by atoms with van der Waals surface area (Å²) in [4.78, 5) is 34.1. The first-order chi connectivity index (χ1) is 14.0. The summed E-state index contributed by atoms with van der Waals surface area (Å²) < 4.78 is 1.54. The molecule has 2 unspecified atom stereocenters. The normalized spacial score (nSPS) is 24.7. The van der Waals surface area contributed by atoms with E-state index < -0.39 is 5.66 Å². The van der Waals surface area contributed by atoms with Crippen LogP contribution in [0.4, 0.5) is 17.3 Å². The predicted molar refractivity (Wildman–Crippen MR) is 110 cm³/mol. The van der Waals surface area contributed by atoms with Gasteiger partial charge in [-0.3, -0.25) is 14.2 Å². The van der Waals surface area contributed by atoms with Crippen molar-refractivity contribution in [3.8, 4) is 0 Å². The Hall–Kier alpha value is -3.13. The molecule has 0 radical (unpaired) electrons. The number of pyridine rings is 1. The third-order valence-corrected chi connectivity index (χ3v) is 6.16. The summed E-state index contributed by atoms with van der Waals surface area (Å²) >= 11 is 6.44. The fourth-order valence-electron chi connectivity index (χ4n) is 4.53. The van der Waals surface area contributed by atoms with Crippen molar-refractivity contribution < 1.29 is 4.79 Å². The lowest BCUT2D eigenvalue weighted by Gasteiger charge is -2.40. The van der Waals surface area contributed by atoms with Crippen LogP contribution in [-0.2, 0) is 5.66 Å². The zero-order valence-electron chi connectivity index (χ0n) is 15.5. The van der Waals surface area contributed by atoms with E-state index in [9.17, 15) is 9.59 Å². The Kier molecular flexibility index (Phi) is 3.99. The Morgan fingerprint density at radius 1 is 1.31 bits per heavy atom. The van der Waals surface area contributed by atoms with Crippen LogP contribution in [0.1, 0.15) is 36.2 Å². The molecule has 0 bridgehead atoms. The quantitative estimate of drug-likeness (QED) is 0.716. The van der Waals surface area contributed by atoms with Crippen LogP contribution in [0.25, 0.3) is 0 Å². The summed E-state index contributed by atoms with van der Waals surface area (Å²) in [6, 6.07) is 2.99. The average Bonchev–Trinajstić information content (AvgIpc) is 2.90. The van der Waals surface area contributed by atoms with E-state index in [4.69, 9.17) is 17.3 Å². The molecule has 0 aromatic carbocycles. The van der Waals surface area contributed by atoms with Crippen LogP contribution in [0.5, 0.6) is 0 Å². The van der Waals surface area contributed by atoms with Gasteiger partial charge in [0.1, 0.15) is 35.0 Å². The number of anilines is 3. The largest absolute Gasteiger partial charge is 0.384 e. The van der Waals surface area contributed by atoms with Crippen LogP contribution in [0.2, 0.25) is 5.02 Å². The summed E-state index contributed by atoms with van der Waals surface area (Å²) in [5.41, 5.74) is 6.31. The lowest BCUT2D eigenvalue weighted by atomic mass is 9.75. The first kappa shape index (κ1) is 17.9. The highest BCUT2D eigenvalue weighted by molar-refractivity contribution is 6.34. The molecule has 9 heteroatoms. The fraction of sp³-hybridized carbons (Fsp3) is 0.300. The Labute approximate surface area is 171 Å². The van der Waals surface area contributed by atoms with E-state index in [2.05, 4.69) is 32.8 Å². The molecule has 4 N–H and O–H groups in total. The summed E-state index contributed by atoms with van der Waals surface area (Å²) in [5, 5.41) is 6.25. The first-order valence-electron chi connectivity index (χ1n) is 9.48. The second kappa shape index (κ2) is 6.45. The maximum atomic E-state index is 13.4. The third-order valence-electron chi connectivity index (χ3n) is 5.87. The highest BCUT2D eigenvalue weighted by Crippen LogP contribution is 2.44. The van der Waals surface area contributed by atoms with Crippen LogP contribution in [0.15, 0.2) is 47.1 Å². The maximum Gasteiger partial charge on any atom is 0.276 e. The number of nitrogen functional groups attached to an aromatic ring is 1. The number of carbonyl (C=O) groups is 1. The zero-order chi connectivity index (χ0) is 20.2. The molecule has 1 aliphatic heterocycles. The zero-order valence-corrected chi connectivity index (χ0v) is 16.2. The molecule has 1 saturated carbocycles. The number of nitrogens with zero attached hydrogens (tertiary/aromatic N) is 3. The minimum atomic E-state index is -0.775. The van der Waals surface area contributed by atoms with Gasteiger partial charge < -0.3 is 16.4 Å². The molecule has 0 saturated heterocycles. The monoisotopic (exact) mass is 410 g/mol. The molecule has 1 amide bonds. The van der Waals surface area contributed by atoms with E-state index in [0.717, 1.165) is 12.8 Å². The molecule has 2 aliphatic carbocycles. The number of rotatable bonds is 3. The smallest absolute Gasteiger partial charge is 0.276 e. The molecule has 3 aliphatic rings. The van der Waals surface area contributed by atoms with Crippen molar-refractivity contribution in [1.82, 2.24) is 19.9 Å². The molecule has 5 rings (SSSR count). The Balaban J connectivity index is 1.59. The molecule has 148 valence electrons. The first-order valence-corrected chi connectivity index (χ1v) is 9.86. The molecule has 8 nitrogen and oxygen atoms in total. The van der Waals surface area contributed by atoms with E-state index in [0.29, 0.717) is 24.6 Å². The number of hydrogen-bond acceptors (Lipinski definition) is 6. The summed E-state index contributed by atoms with van der Waals surface area (Å²) in [5.74, 6) is 0.636. The van der Waals surface area contributed by atoms with E-state index in [1.165, 1.54) is 24.0 Å². The number of amides is 1. The average molecular weight is 411 g/mol. The van der Waals surface area contributed by atoms with E-state index in [1.54, 1.807) is 4.57 Å². The second-order valence-electron chi connectivity index (χ2n) is 7.65. The van der Waals surface area contributed by atoms with Gasteiger partial charge in [0.05, 0.1) is 5.02 Å². The van der Waals surface area contributed by atoms with Crippen molar-refractivity contribution in [1.29, 1.82) is 0 Å². The van der Waals surface area contributed by atoms with E-state index in [1.807, 2.05) is 6.08 Å². The number of aromatic nitrogens is 3. The topological polar surface area (TPSA) is 115 Å². The summed E-state index contributed by atoms with van der Waals surface area (Å²) in [6.07, 6.45) is 10.8. The van der Waals surface area contributed by atoms with Gasteiger partial charge in [-0.15, -0.1) is 0 Å². The van der Waals surface area contributed by atoms with E-state index >= 15 is 0 Å². The van der Waals surface area contributed by atoms with Crippen LogP contribution in [-0.4, -0.2) is 20.4 Å². The van der Waals surface area contributed by atoms with E-state index in [-0.39, 0.29) is 33.7 Å². The van der Waals surface area contributed by atoms with Crippen molar-refractivity contribution in [2.45, 2.75) is 31.3 Å². The number of carbonyl (C=O) groups excluding carboxylic acids is 1. The molecule has 1 fully saturated rings. The summed E-state index contributed by atoms with van der Waals surface area (Å²) in [7, 11) is 0. The third kappa shape index (κ3) is 2.82. The minimum absolute atomic E-state index is 0.211. The number of nitrogens with one attached hydrogen (secondary N) is 2. The number of hydrogen-bond donors (Lipinski definition) is 3. The van der Waals surface area contributed by atoms with Crippen LogP contribution < -0.4 is 21.9 Å². The molecule has 3 heterocycles. The molecule has 2 atom stereocenters. The van der Waals surface area contributed by atoms with Gasteiger partial charge in [0.2, 0.25) is 0 Å². The Bertz CT molecular complexity index is 1150. The van der Waals surface area contributed by atoms with Gasteiger partial charge in [-0.1, -0.05) is 29.8 Å². The van der Waals surface area contributed by atoms with Gasteiger partial charge in [0, 0.05) is 6.07 Å². The van der Waals surface area contributed by atoms with Crippen molar-refractivity contribution in [2.75, 3.05) is 11.1 Å². The molecule has 29 heavy (non-hydrogen) atoms. The van der Waals surface area contributed by atoms with Crippen LogP contribution in [0.3, 0.4) is 0 Å². The molecular formula is C20H19ClN6O2. The Morgan fingerprint density at radius 2 is 2.14 bits per heavy atom. The van der Waals surface area contributed by atoms with Gasteiger partial charge in [-0.25, -0.2) is 9.97 Å². The molecule has 1 spiro atoms. The van der Waals surface area contributed by atoms with Gasteiger partial charge in [-0.2, -0.15) is 0 Å². The standard InChI is InChI=1S/C20H19ClN6O2/c21-13-7-14(25-16-8-15(22)23-10-24-16)19(29)27-17(13)18(28)26-20(27)6-2-5-12(9-20)11-3-1-4-11/h1,3-4,7-8,10,12H,2,5-6,9H2,(H,26,28)(H3,22,23,24,25). The Morgan fingerprint density at radius 3 is 2.86 bits per heavy atom. The number of nitrogens with two attached hydrogens (primary N) is 1. The number of fused-ring (bicyclic) bond motifs is 2. The summed E-state index contributed by atoms with van der Waals surface area (Å²) in [6.45, 7) is 0. The van der Waals surface area contributed by atoms with Gasteiger partial charge in [0.15, 0.2) is 0 Å². The minimum Gasteiger partial charge on any atom is -0.384 e. The van der Waals surface area contributed by atoms with Crippen LogP contribution >= 0.6 is 11.6 Å². The highest BCUT2D eigenvalue weighted by atomic mass is 35.5. The fourth-order valence-corrected chi connectivity index (χ4v) is 4.81. The molecular weight excluding hydrogens is 392 g/mol. The second-order valence-corrected chi connectivity index (χ2v) is 8.06. The lowest BCUT2D eigenvalue weighted by molar-refractivity contribution is 0.0844. The number of allylic oxidation sites excluding steroid dienone is 4. The van der Waals surface area contributed by atoms with Crippen molar-refractivity contribution >= 4 is 34.8 Å². The lowest BCUT2D eigenvalue weighted by Crippen LogP contribution is -2.50. The van der Waals surface area contributed by atoms with Crippen molar-refractivity contribution in [3.63, 3.8) is 0 Å². The predicted octanol–water partition coefficient (Wildman–Crippen LogP) is 2.70. The van der Waals surface area contributed by atoms with Crippen molar-refractivity contribution in [2.24, 2.45) is 5.92 Å². The van der Waals surface area contributed by atoms with Gasteiger partial charge >= 0.3 is 0 Å². The van der Waals surface area contributed by atoms with Gasteiger partial charge in [0.25, 0.3) is 11.5 Å². The van der Waals surface area contributed by atoms with Crippen LogP contribution in [0, 0.1) is 5.92 Å². The van der Waals surface area contributed by atoms with Gasteiger partial charge in [-0.05, 0) is 43.2 Å². The number of halogens is 1. The van der Waals surface area contributed by atoms with Crippen molar-refractivity contribution in [3.05, 3.63) is 63.3 Å². The molecule has 2 aromatic rings. The highest BCUT2D eigenvalue weighted by Gasteiger charge is 2.48.